The lowest BCUT2D eigenvalue weighted by atomic mass is 10.0. The van der Waals surface area contributed by atoms with Crippen LogP contribution in [0.1, 0.15) is 38.2 Å². The number of benzene rings is 1. The first-order valence-electron chi connectivity index (χ1n) is 6.33. The third-order valence-corrected chi connectivity index (χ3v) is 3.50. The summed E-state index contributed by atoms with van der Waals surface area (Å²) in [5.41, 5.74) is 1.26. The van der Waals surface area contributed by atoms with Gasteiger partial charge in [-0.05, 0) is 49.5 Å². The van der Waals surface area contributed by atoms with Crippen molar-refractivity contribution in [2.24, 2.45) is 0 Å². The van der Waals surface area contributed by atoms with Crippen molar-refractivity contribution in [1.29, 1.82) is 0 Å². The maximum atomic E-state index is 6.25. The molecule has 1 aromatic carbocycles. The Kier molecular flexibility index (Phi) is 6.27. The summed E-state index contributed by atoms with van der Waals surface area (Å²) in [6, 6.07) is 6.12. The van der Waals surface area contributed by atoms with E-state index >= 15 is 0 Å². The van der Waals surface area contributed by atoms with Crippen molar-refractivity contribution in [2.45, 2.75) is 38.7 Å². The Morgan fingerprint density at radius 2 is 1.94 bits per heavy atom. The van der Waals surface area contributed by atoms with Crippen LogP contribution in [0.5, 0.6) is 5.75 Å². The first-order chi connectivity index (χ1) is 8.16. The minimum atomic E-state index is 0. The van der Waals surface area contributed by atoms with Gasteiger partial charge in [0.1, 0.15) is 11.9 Å². The minimum absolute atomic E-state index is 0. The predicted octanol–water partition coefficient (Wildman–Crippen LogP) is 4.02. The monoisotopic (exact) mass is 289 g/mol. The lowest BCUT2D eigenvalue weighted by Gasteiger charge is -2.24. The SMILES string of the molecule is CC(C)c1ccc(OC2CCNCC2)c(Cl)c1.Cl. The molecule has 1 aliphatic rings. The fourth-order valence-electron chi connectivity index (χ4n) is 2.06. The summed E-state index contributed by atoms with van der Waals surface area (Å²) in [4.78, 5) is 0. The molecule has 1 saturated heterocycles. The number of hydrogen-bond donors (Lipinski definition) is 1. The Labute approximate surface area is 120 Å². The Morgan fingerprint density at radius 1 is 1.28 bits per heavy atom. The zero-order valence-corrected chi connectivity index (χ0v) is 12.5. The number of ether oxygens (including phenoxy) is 1. The summed E-state index contributed by atoms with van der Waals surface area (Å²) in [6.07, 6.45) is 2.42. The van der Waals surface area contributed by atoms with Crippen LogP contribution in [-0.2, 0) is 0 Å². The van der Waals surface area contributed by atoms with Crippen LogP contribution < -0.4 is 10.1 Å². The number of halogens is 2. The average Bonchev–Trinajstić information content (AvgIpc) is 2.33. The van der Waals surface area contributed by atoms with Crippen LogP contribution in [0.25, 0.3) is 0 Å². The fourth-order valence-corrected chi connectivity index (χ4v) is 2.30. The molecular formula is C14H21Cl2NO. The lowest BCUT2D eigenvalue weighted by Crippen LogP contribution is -2.34. The summed E-state index contributed by atoms with van der Waals surface area (Å²) in [5, 5.41) is 4.06. The second-order valence-corrected chi connectivity index (χ2v) is 5.32. The average molecular weight is 290 g/mol. The van der Waals surface area contributed by atoms with Crippen molar-refractivity contribution in [1.82, 2.24) is 5.32 Å². The van der Waals surface area contributed by atoms with Crippen LogP contribution in [-0.4, -0.2) is 19.2 Å². The van der Waals surface area contributed by atoms with Crippen molar-refractivity contribution in [3.05, 3.63) is 28.8 Å². The molecule has 0 saturated carbocycles. The highest BCUT2D eigenvalue weighted by Gasteiger charge is 2.16. The number of hydrogen-bond acceptors (Lipinski definition) is 2. The van der Waals surface area contributed by atoms with E-state index in [-0.39, 0.29) is 12.4 Å². The summed E-state index contributed by atoms with van der Waals surface area (Å²) in [6.45, 7) is 6.40. The summed E-state index contributed by atoms with van der Waals surface area (Å²) < 4.78 is 5.95. The van der Waals surface area contributed by atoms with Gasteiger partial charge in [0.15, 0.2) is 0 Å². The van der Waals surface area contributed by atoms with Crippen LogP contribution in [0.4, 0.5) is 0 Å². The van der Waals surface area contributed by atoms with Gasteiger partial charge in [0, 0.05) is 0 Å². The molecule has 0 unspecified atom stereocenters. The molecule has 1 fully saturated rings. The molecule has 0 atom stereocenters. The van der Waals surface area contributed by atoms with Gasteiger partial charge < -0.3 is 10.1 Å². The van der Waals surface area contributed by atoms with Crippen LogP contribution in [0.2, 0.25) is 5.02 Å². The van der Waals surface area contributed by atoms with Crippen molar-refractivity contribution in [3.63, 3.8) is 0 Å². The van der Waals surface area contributed by atoms with Crippen molar-refractivity contribution in [3.8, 4) is 5.75 Å². The zero-order valence-electron chi connectivity index (χ0n) is 10.9. The molecule has 1 aliphatic heterocycles. The van der Waals surface area contributed by atoms with Gasteiger partial charge in [-0.25, -0.2) is 0 Å². The fraction of sp³-hybridized carbons (Fsp3) is 0.571. The first kappa shape index (κ1) is 15.6. The molecular weight excluding hydrogens is 269 g/mol. The smallest absolute Gasteiger partial charge is 0.138 e. The first-order valence-corrected chi connectivity index (χ1v) is 6.71. The van der Waals surface area contributed by atoms with Gasteiger partial charge in [-0.15, -0.1) is 12.4 Å². The molecule has 2 rings (SSSR count). The van der Waals surface area contributed by atoms with E-state index in [1.54, 1.807) is 0 Å². The molecule has 0 amide bonds. The largest absolute Gasteiger partial charge is 0.489 e. The van der Waals surface area contributed by atoms with E-state index in [1.807, 2.05) is 12.1 Å². The van der Waals surface area contributed by atoms with Gasteiger partial charge in [0.25, 0.3) is 0 Å². The normalized spacial score (nSPS) is 16.4. The molecule has 0 bridgehead atoms. The topological polar surface area (TPSA) is 21.3 Å². The molecule has 0 spiro atoms. The van der Waals surface area contributed by atoms with Crippen molar-refractivity contribution >= 4 is 24.0 Å². The van der Waals surface area contributed by atoms with Gasteiger partial charge in [0.05, 0.1) is 5.02 Å². The molecule has 0 aromatic heterocycles. The summed E-state index contributed by atoms with van der Waals surface area (Å²) in [7, 11) is 0. The van der Waals surface area contributed by atoms with Crippen LogP contribution in [0.15, 0.2) is 18.2 Å². The highest BCUT2D eigenvalue weighted by atomic mass is 35.5. The highest BCUT2D eigenvalue weighted by molar-refractivity contribution is 6.32. The number of piperidine rings is 1. The minimum Gasteiger partial charge on any atom is -0.489 e. The highest BCUT2D eigenvalue weighted by Crippen LogP contribution is 2.30. The quantitative estimate of drug-likeness (QED) is 0.908. The molecule has 2 nitrogen and oxygen atoms in total. The molecule has 1 aromatic rings. The molecule has 1 N–H and O–H groups in total. The Morgan fingerprint density at radius 3 is 2.50 bits per heavy atom. The van der Waals surface area contributed by atoms with Gasteiger partial charge in [0.2, 0.25) is 0 Å². The van der Waals surface area contributed by atoms with E-state index in [1.165, 1.54) is 5.56 Å². The van der Waals surface area contributed by atoms with E-state index in [0.29, 0.717) is 12.0 Å². The molecule has 18 heavy (non-hydrogen) atoms. The van der Waals surface area contributed by atoms with Crippen LogP contribution in [0.3, 0.4) is 0 Å². The van der Waals surface area contributed by atoms with Gasteiger partial charge >= 0.3 is 0 Å². The Balaban J connectivity index is 0.00000162. The maximum Gasteiger partial charge on any atom is 0.138 e. The van der Waals surface area contributed by atoms with Gasteiger partial charge in [-0.3, -0.25) is 0 Å². The lowest BCUT2D eigenvalue weighted by molar-refractivity contribution is 0.162. The predicted molar refractivity (Wildman–Crippen MR) is 79.3 cm³/mol. The van der Waals surface area contributed by atoms with Crippen molar-refractivity contribution in [2.75, 3.05) is 13.1 Å². The van der Waals surface area contributed by atoms with E-state index in [0.717, 1.165) is 36.7 Å². The summed E-state index contributed by atoms with van der Waals surface area (Å²) in [5.74, 6) is 1.32. The van der Waals surface area contributed by atoms with E-state index in [4.69, 9.17) is 16.3 Å². The Bertz CT molecular complexity index is 376. The third kappa shape index (κ3) is 4.04. The molecule has 102 valence electrons. The van der Waals surface area contributed by atoms with E-state index in [2.05, 4.69) is 25.2 Å². The maximum absolute atomic E-state index is 6.25. The Hall–Kier alpha value is -0.440. The van der Waals surface area contributed by atoms with Crippen LogP contribution in [0, 0.1) is 0 Å². The standard InChI is InChI=1S/C14H20ClNO.ClH/c1-10(2)11-3-4-14(13(15)9-11)17-12-5-7-16-8-6-12;/h3-4,9-10,12,16H,5-8H2,1-2H3;1H. The summed E-state index contributed by atoms with van der Waals surface area (Å²) >= 11 is 6.25. The van der Waals surface area contributed by atoms with Gasteiger partial charge in [-0.2, -0.15) is 0 Å². The number of rotatable bonds is 3. The van der Waals surface area contributed by atoms with E-state index < -0.39 is 0 Å². The van der Waals surface area contributed by atoms with Gasteiger partial charge in [-0.1, -0.05) is 31.5 Å². The molecule has 0 aliphatic carbocycles. The molecule has 0 radical (unpaired) electrons. The van der Waals surface area contributed by atoms with Crippen LogP contribution >= 0.6 is 24.0 Å². The second-order valence-electron chi connectivity index (χ2n) is 4.91. The third-order valence-electron chi connectivity index (χ3n) is 3.20. The molecule has 1 heterocycles. The van der Waals surface area contributed by atoms with E-state index in [9.17, 15) is 0 Å². The van der Waals surface area contributed by atoms with Crippen molar-refractivity contribution < 1.29 is 4.74 Å². The second kappa shape index (κ2) is 7.22. The number of nitrogens with one attached hydrogen (secondary N) is 1. The molecule has 4 heteroatoms. The zero-order chi connectivity index (χ0) is 12.3.